The largest absolute Gasteiger partial charge is 0.464 e. The molecule has 0 aromatic heterocycles. The van der Waals surface area contributed by atoms with Crippen LogP contribution in [0.2, 0.25) is 0 Å². The van der Waals surface area contributed by atoms with Gasteiger partial charge in [-0.15, -0.1) is 0 Å². The number of nitrogens with one attached hydrogen (secondary N) is 3. The van der Waals surface area contributed by atoms with E-state index in [0.29, 0.717) is 6.61 Å². The fourth-order valence-corrected chi connectivity index (χ4v) is 2.82. The lowest BCUT2D eigenvalue weighted by Crippen LogP contribution is -2.52. The Balaban J connectivity index is 1.99. The zero-order valence-corrected chi connectivity index (χ0v) is 11.4. The molecule has 0 aliphatic carbocycles. The van der Waals surface area contributed by atoms with Gasteiger partial charge in [0, 0.05) is 11.3 Å². The number of esters is 1. The Morgan fingerprint density at radius 3 is 2.85 bits per heavy atom. The van der Waals surface area contributed by atoms with E-state index in [9.17, 15) is 9.59 Å². The molecule has 3 rings (SSSR count). The van der Waals surface area contributed by atoms with Gasteiger partial charge < -0.3 is 20.7 Å². The molecule has 0 bridgehead atoms. The molecular formula is C14H17N3O3. The Morgan fingerprint density at radius 1 is 1.30 bits per heavy atom. The molecule has 1 fully saturated rings. The van der Waals surface area contributed by atoms with Gasteiger partial charge in [-0.1, -0.05) is 17.7 Å². The van der Waals surface area contributed by atoms with E-state index in [2.05, 4.69) is 16.0 Å². The fourth-order valence-electron chi connectivity index (χ4n) is 2.82. The van der Waals surface area contributed by atoms with Crippen molar-refractivity contribution in [3.63, 3.8) is 0 Å². The molecule has 1 saturated heterocycles. The first-order valence-electron chi connectivity index (χ1n) is 6.71. The van der Waals surface area contributed by atoms with E-state index in [-0.39, 0.29) is 24.1 Å². The zero-order chi connectivity index (χ0) is 14.3. The van der Waals surface area contributed by atoms with Crippen molar-refractivity contribution >= 4 is 17.7 Å². The number of carbonyl (C=O) groups excluding carboxylic acids is 2. The standard InChI is InChI=1S/C14H17N3O3/c1-3-20-13(18)12-11-10(16-14(19)17-11)8-6-7(2)4-5-9(8)15-12/h4-6,10-12,15H,3H2,1-2H3,(H2,16,17,19)/t10-,11+,12-/m1/s1. The molecule has 106 valence electrons. The molecule has 3 atom stereocenters. The third-order valence-electron chi connectivity index (χ3n) is 3.70. The first-order chi connectivity index (χ1) is 9.60. The normalized spacial score (nSPS) is 26.7. The Morgan fingerprint density at radius 2 is 2.10 bits per heavy atom. The van der Waals surface area contributed by atoms with Crippen molar-refractivity contribution in [2.75, 3.05) is 11.9 Å². The number of rotatable bonds is 2. The number of aryl methyl sites for hydroxylation is 1. The monoisotopic (exact) mass is 275 g/mol. The molecule has 3 N–H and O–H groups in total. The van der Waals surface area contributed by atoms with Crippen LogP contribution in [0.15, 0.2) is 18.2 Å². The van der Waals surface area contributed by atoms with Crippen molar-refractivity contribution < 1.29 is 14.3 Å². The molecule has 0 saturated carbocycles. The van der Waals surface area contributed by atoms with Gasteiger partial charge in [0.1, 0.15) is 6.04 Å². The number of ether oxygens (including phenoxy) is 1. The van der Waals surface area contributed by atoms with Crippen LogP contribution in [-0.2, 0) is 9.53 Å². The van der Waals surface area contributed by atoms with E-state index in [1.54, 1.807) is 6.92 Å². The fraction of sp³-hybridized carbons (Fsp3) is 0.429. The van der Waals surface area contributed by atoms with Crippen molar-refractivity contribution in [3.8, 4) is 0 Å². The van der Waals surface area contributed by atoms with Crippen LogP contribution in [0.1, 0.15) is 24.1 Å². The second kappa shape index (κ2) is 4.70. The second-order valence-corrected chi connectivity index (χ2v) is 5.09. The lowest BCUT2D eigenvalue weighted by atomic mass is 9.88. The van der Waals surface area contributed by atoms with E-state index in [0.717, 1.165) is 16.8 Å². The summed E-state index contributed by atoms with van der Waals surface area (Å²) in [6, 6.07) is 4.54. The molecule has 0 spiro atoms. The quantitative estimate of drug-likeness (QED) is 0.706. The third-order valence-corrected chi connectivity index (χ3v) is 3.70. The molecule has 1 aromatic carbocycles. The summed E-state index contributed by atoms with van der Waals surface area (Å²) < 4.78 is 5.08. The van der Waals surface area contributed by atoms with Gasteiger partial charge in [0.25, 0.3) is 0 Å². The van der Waals surface area contributed by atoms with Crippen LogP contribution in [0, 0.1) is 6.92 Å². The van der Waals surface area contributed by atoms with Gasteiger partial charge in [0.05, 0.1) is 18.7 Å². The summed E-state index contributed by atoms with van der Waals surface area (Å²) in [5, 5.41) is 8.83. The summed E-state index contributed by atoms with van der Waals surface area (Å²) in [6.45, 7) is 4.08. The highest BCUT2D eigenvalue weighted by atomic mass is 16.5. The first kappa shape index (κ1) is 12.8. The zero-order valence-electron chi connectivity index (χ0n) is 11.4. The number of benzene rings is 1. The average Bonchev–Trinajstić information content (AvgIpc) is 2.80. The number of carbonyl (C=O) groups is 2. The van der Waals surface area contributed by atoms with Gasteiger partial charge >= 0.3 is 12.0 Å². The molecule has 2 heterocycles. The lowest BCUT2D eigenvalue weighted by molar-refractivity contribution is -0.144. The minimum Gasteiger partial charge on any atom is -0.464 e. The topological polar surface area (TPSA) is 79.5 Å². The van der Waals surface area contributed by atoms with Gasteiger partial charge in [0.15, 0.2) is 0 Å². The predicted molar refractivity (Wildman–Crippen MR) is 73.4 cm³/mol. The third kappa shape index (κ3) is 1.97. The van der Waals surface area contributed by atoms with Crippen molar-refractivity contribution in [1.82, 2.24) is 10.6 Å². The van der Waals surface area contributed by atoms with Crippen molar-refractivity contribution in [3.05, 3.63) is 29.3 Å². The first-order valence-corrected chi connectivity index (χ1v) is 6.71. The van der Waals surface area contributed by atoms with Crippen LogP contribution < -0.4 is 16.0 Å². The smallest absolute Gasteiger partial charge is 0.330 e. The molecule has 20 heavy (non-hydrogen) atoms. The predicted octanol–water partition coefficient (Wildman–Crippen LogP) is 1.07. The molecule has 1 aromatic rings. The highest BCUT2D eigenvalue weighted by Crippen LogP contribution is 2.36. The van der Waals surface area contributed by atoms with Gasteiger partial charge in [-0.3, -0.25) is 0 Å². The van der Waals surface area contributed by atoms with E-state index in [1.807, 2.05) is 25.1 Å². The van der Waals surface area contributed by atoms with Gasteiger partial charge in [-0.2, -0.15) is 0 Å². The Labute approximate surface area is 116 Å². The highest BCUT2D eigenvalue weighted by Gasteiger charge is 2.46. The number of hydrogen-bond donors (Lipinski definition) is 3. The maximum Gasteiger partial charge on any atom is 0.330 e. The summed E-state index contributed by atoms with van der Waals surface area (Å²) in [4.78, 5) is 23.7. The maximum absolute atomic E-state index is 12.1. The van der Waals surface area contributed by atoms with Gasteiger partial charge in [-0.25, -0.2) is 9.59 Å². The Hall–Kier alpha value is -2.24. The molecule has 6 heteroatoms. The van der Waals surface area contributed by atoms with Crippen LogP contribution in [0.3, 0.4) is 0 Å². The maximum atomic E-state index is 12.1. The summed E-state index contributed by atoms with van der Waals surface area (Å²) >= 11 is 0. The average molecular weight is 275 g/mol. The van der Waals surface area contributed by atoms with Crippen molar-refractivity contribution in [1.29, 1.82) is 0 Å². The molecular weight excluding hydrogens is 258 g/mol. The van der Waals surface area contributed by atoms with E-state index >= 15 is 0 Å². The van der Waals surface area contributed by atoms with Gasteiger partial charge in [-0.05, 0) is 19.9 Å². The molecule has 2 aliphatic rings. The van der Waals surface area contributed by atoms with Crippen LogP contribution in [0.4, 0.5) is 10.5 Å². The molecule has 2 amide bonds. The number of anilines is 1. The van der Waals surface area contributed by atoms with Crippen LogP contribution in [-0.4, -0.2) is 30.7 Å². The van der Waals surface area contributed by atoms with Crippen molar-refractivity contribution in [2.24, 2.45) is 0 Å². The number of urea groups is 1. The van der Waals surface area contributed by atoms with Gasteiger partial charge in [0.2, 0.25) is 0 Å². The summed E-state index contributed by atoms with van der Waals surface area (Å²) in [5.74, 6) is -0.349. The van der Waals surface area contributed by atoms with Crippen molar-refractivity contribution in [2.45, 2.75) is 32.0 Å². The molecule has 2 aliphatic heterocycles. The second-order valence-electron chi connectivity index (χ2n) is 5.09. The van der Waals surface area contributed by atoms with Crippen LogP contribution in [0.5, 0.6) is 0 Å². The van der Waals surface area contributed by atoms with E-state index in [4.69, 9.17) is 4.74 Å². The minimum absolute atomic E-state index is 0.215. The summed E-state index contributed by atoms with van der Waals surface area (Å²) in [7, 11) is 0. The Kier molecular flexibility index (Phi) is 3.00. The molecule has 0 radical (unpaired) electrons. The number of hydrogen-bond acceptors (Lipinski definition) is 4. The SMILES string of the molecule is CCOC(=O)[C@@H]1Nc2ccc(C)cc2[C@H]2NC(=O)N[C@@H]21. The summed E-state index contributed by atoms with van der Waals surface area (Å²) in [5.41, 5.74) is 2.97. The highest BCUT2D eigenvalue weighted by molar-refractivity contribution is 5.87. The lowest BCUT2D eigenvalue weighted by Gasteiger charge is -2.34. The Bertz CT molecular complexity index is 573. The summed E-state index contributed by atoms with van der Waals surface area (Å²) in [6.07, 6.45) is 0. The van der Waals surface area contributed by atoms with Crippen LogP contribution >= 0.6 is 0 Å². The van der Waals surface area contributed by atoms with E-state index < -0.39 is 6.04 Å². The molecule has 0 unspecified atom stereocenters. The molecule has 6 nitrogen and oxygen atoms in total. The number of fused-ring (bicyclic) bond motifs is 3. The minimum atomic E-state index is -0.575. The van der Waals surface area contributed by atoms with Crippen LogP contribution in [0.25, 0.3) is 0 Å². The van der Waals surface area contributed by atoms with E-state index in [1.165, 1.54) is 0 Å². The number of amides is 2.